The molecule has 2 heterocycles. The first kappa shape index (κ1) is 14.2. The Kier molecular flexibility index (Phi) is 3.75. The summed E-state index contributed by atoms with van der Waals surface area (Å²) in [5, 5.41) is 11.0. The minimum Gasteiger partial charge on any atom is -0.342 e. The molecule has 110 valence electrons. The zero-order chi connectivity index (χ0) is 15.0. The normalized spacial score (nSPS) is 14.8. The van der Waals surface area contributed by atoms with Crippen LogP contribution in [0.5, 0.6) is 0 Å². The van der Waals surface area contributed by atoms with Gasteiger partial charge in [-0.15, -0.1) is 10.2 Å². The molecule has 5 nitrogen and oxygen atoms in total. The number of fused-ring (bicyclic) bond motifs is 1. The maximum Gasteiger partial charge on any atom is 0.254 e. The minimum absolute atomic E-state index is 0.0115. The number of amides is 1. The zero-order valence-corrected chi connectivity index (χ0v) is 13.0. The van der Waals surface area contributed by atoms with Gasteiger partial charge in [-0.2, -0.15) is 0 Å². The van der Waals surface area contributed by atoms with E-state index < -0.39 is 11.7 Å². The number of nitrogens with one attached hydrogen (secondary N) is 1. The van der Waals surface area contributed by atoms with Gasteiger partial charge in [0, 0.05) is 13.0 Å². The van der Waals surface area contributed by atoms with Crippen molar-refractivity contribution in [3.63, 3.8) is 0 Å². The number of hydrogen-bond donors (Lipinski definition) is 1. The lowest BCUT2D eigenvalue weighted by molar-refractivity contribution is 0.0933. The summed E-state index contributed by atoms with van der Waals surface area (Å²) in [7, 11) is 0. The second-order valence-electron chi connectivity index (χ2n) is 5.03. The number of halogens is 2. The molecule has 0 bridgehead atoms. The third kappa shape index (κ3) is 2.57. The van der Waals surface area contributed by atoms with E-state index >= 15 is 0 Å². The fraction of sp³-hybridized carbons (Fsp3) is 0.357. The molecule has 3 rings (SSSR count). The quantitative estimate of drug-likeness (QED) is 0.923. The third-order valence-corrected chi connectivity index (χ3v) is 4.18. The highest BCUT2D eigenvalue weighted by molar-refractivity contribution is 9.10. The molecule has 1 aromatic carbocycles. The molecular weight excluding hydrogens is 339 g/mol. The molecule has 1 N–H and O–H groups in total. The Balaban J connectivity index is 1.79. The van der Waals surface area contributed by atoms with E-state index in [0.717, 1.165) is 25.2 Å². The molecule has 0 radical (unpaired) electrons. The van der Waals surface area contributed by atoms with Crippen LogP contribution in [0.15, 0.2) is 22.7 Å². The Morgan fingerprint density at radius 1 is 1.48 bits per heavy atom. The van der Waals surface area contributed by atoms with Gasteiger partial charge in [-0.25, -0.2) is 4.39 Å². The van der Waals surface area contributed by atoms with Crippen molar-refractivity contribution in [1.29, 1.82) is 0 Å². The van der Waals surface area contributed by atoms with Crippen LogP contribution < -0.4 is 5.32 Å². The number of nitrogens with zero attached hydrogens (tertiary/aromatic N) is 3. The van der Waals surface area contributed by atoms with Gasteiger partial charge in [0.05, 0.1) is 16.1 Å². The Labute approximate surface area is 129 Å². The number of aromatic nitrogens is 3. The summed E-state index contributed by atoms with van der Waals surface area (Å²) >= 11 is 3.08. The molecule has 1 unspecified atom stereocenters. The van der Waals surface area contributed by atoms with Crippen LogP contribution in [-0.4, -0.2) is 20.7 Å². The second kappa shape index (κ2) is 5.55. The predicted molar refractivity (Wildman–Crippen MR) is 78.3 cm³/mol. The van der Waals surface area contributed by atoms with Gasteiger partial charge in [0.15, 0.2) is 5.82 Å². The molecule has 2 aromatic rings. The van der Waals surface area contributed by atoms with E-state index in [4.69, 9.17) is 0 Å². The van der Waals surface area contributed by atoms with Gasteiger partial charge in [0.25, 0.3) is 5.91 Å². The largest absolute Gasteiger partial charge is 0.342 e. The van der Waals surface area contributed by atoms with Crippen LogP contribution in [0.1, 0.15) is 41.4 Å². The molecule has 0 spiro atoms. The topological polar surface area (TPSA) is 59.8 Å². The summed E-state index contributed by atoms with van der Waals surface area (Å²) < 4.78 is 16.2. The van der Waals surface area contributed by atoms with Gasteiger partial charge >= 0.3 is 0 Å². The fourth-order valence-corrected chi connectivity index (χ4v) is 2.88. The highest BCUT2D eigenvalue weighted by Gasteiger charge is 2.23. The smallest absolute Gasteiger partial charge is 0.254 e. The first-order valence-electron chi connectivity index (χ1n) is 6.75. The SMILES string of the molecule is CC(NC(=O)c1cccc(Br)c1F)c1nnc2n1CCC2. The van der Waals surface area contributed by atoms with Gasteiger partial charge < -0.3 is 9.88 Å². The predicted octanol–water partition coefficient (Wildman–Crippen LogP) is 2.62. The Hall–Kier alpha value is -1.76. The lowest BCUT2D eigenvalue weighted by Crippen LogP contribution is -2.29. The van der Waals surface area contributed by atoms with E-state index in [-0.39, 0.29) is 16.1 Å². The molecular formula is C14H14BrFN4O. The third-order valence-electron chi connectivity index (χ3n) is 3.57. The van der Waals surface area contributed by atoms with Crippen molar-refractivity contribution in [2.75, 3.05) is 0 Å². The minimum atomic E-state index is -0.561. The van der Waals surface area contributed by atoms with Crippen molar-refractivity contribution in [3.8, 4) is 0 Å². The maximum atomic E-state index is 13.9. The van der Waals surface area contributed by atoms with Crippen molar-refractivity contribution >= 4 is 21.8 Å². The number of carbonyl (C=O) groups is 1. The van der Waals surface area contributed by atoms with Crippen LogP contribution in [0.4, 0.5) is 4.39 Å². The van der Waals surface area contributed by atoms with Crippen LogP contribution >= 0.6 is 15.9 Å². The average molecular weight is 353 g/mol. The van der Waals surface area contributed by atoms with Crippen LogP contribution in [-0.2, 0) is 13.0 Å². The van der Waals surface area contributed by atoms with E-state index in [0.29, 0.717) is 5.82 Å². The number of benzene rings is 1. The van der Waals surface area contributed by atoms with Gasteiger partial charge in [0.2, 0.25) is 0 Å². The van der Waals surface area contributed by atoms with Gasteiger partial charge in [0.1, 0.15) is 11.6 Å². The highest BCUT2D eigenvalue weighted by Crippen LogP contribution is 2.21. The van der Waals surface area contributed by atoms with Gasteiger partial charge in [-0.1, -0.05) is 6.07 Å². The molecule has 1 aromatic heterocycles. The average Bonchev–Trinajstić information content (AvgIpc) is 3.03. The van der Waals surface area contributed by atoms with E-state index in [9.17, 15) is 9.18 Å². The monoisotopic (exact) mass is 352 g/mol. The summed E-state index contributed by atoms with van der Waals surface area (Å²) in [6, 6.07) is 4.31. The second-order valence-corrected chi connectivity index (χ2v) is 5.88. The number of aryl methyl sites for hydroxylation is 1. The molecule has 1 atom stereocenters. The fourth-order valence-electron chi connectivity index (χ4n) is 2.51. The summed E-state index contributed by atoms with van der Waals surface area (Å²) in [5.41, 5.74) is 0.0115. The van der Waals surface area contributed by atoms with Crippen molar-refractivity contribution in [2.24, 2.45) is 0 Å². The molecule has 1 amide bonds. The number of rotatable bonds is 3. The molecule has 0 fully saturated rings. The zero-order valence-electron chi connectivity index (χ0n) is 11.4. The molecule has 7 heteroatoms. The van der Waals surface area contributed by atoms with Crippen LogP contribution in [0.2, 0.25) is 0 Å². The molecule has 0 aliphatic carbocycles. The van der Waals surface area contributed by atoms with E-state index in [1.807, 2.05) is 11.5 Å². The summed E-state index contributed by atoms with van der Waals surface area (Å²) in [6.07, 6.45) is 1.95. The summed E-state index contributed by atoms with van der Waals surface area (Å²) in [6.45, 7) is 2.69. The lowest BCUT2D eigenvalue weighted by atomic mass is 10.2. The molecule has 0 saturated carbocycles. The highest BCUT2D eigenvalue weighted by atomic mass is 79.9. The van der Waals surface area contributed by atoms with E-state index in [2.05, 4.69) is 31.4 Å². The van der Waals surface area contributed by atoms with Crippen molar-refractivity contribution in [1.82, 2.24) is 20.1 Å². The summed E-state index contributed by atoms with van der Waals surface area (Å²) in [5.74, 6) is 0.635. The molecule has 0 saturated heterocycles. The van der Waals surface area contributed by atoms with E-state index in [1.54, 1.807) is 12.1 Å². The molecule has 21 heavy (non-hydrogen) atoms. The summed E-state index contributed by atoms with van der Waals surface area (Å²) in [4.78, 5) is 12.2. The molecule has 1 aliphatic heterocycles. The van der Waals surface area contributed by atoms with Crippen molar-refractivity contribution < 1.29 is 9.18 Å². The maximum absolute atomic E-state index is 13.9. The molecule has 1 aliphatic rings. The Bertz CT molecular complexity index is 700. The van der Waals surface area contributed by atoms with Crippen LogP contribution in [0.25, 0.3) is 0 Å². The van der Waals surface area contributed by atoms with Gasteiger partial charge in [-0.05, 0) is 41.4 Å². The Morgan fingerprint density at radius 3 is 3.10 bits per heavy atom. The van der Waals surface area contributed by atoms with Crippen molar-refractivity contribution in [3.05, 3.63) is 45.7 Å². The van der Waals surface area contributed by atoms with Crippen LogP contribution in [0, 0.1) is 5.82 Å². The standard InChI is InChI=1S/C14H14BrFN4O/c1-8(13-19-18-11-6-3-7-20(11)13)17-14(21)9-4-2-5-10(15)12(9)16/h2,4-5,8H,3,6-7H2,1H3,(H,17,21). The van der Waals surface area contributed by atoms with Crippen LogP contribution in [0.3, 0.4) is 0 Å². The Morgan fingerprint density at radius 2 is 2.29 bits per heavy atom. The first-order valence-corrected chi connectivity index (χ1v) is 7.54. The van der Waals surface area contributed by atoms with Gasteiger partial charge in [-0.3, -0.25) is 4.79 Å². The number of carbonyl (C=O) groups excluding carboxylic acids is 1. The first-order chi connectivity index (χ1) is 10.1. The van der Waals surface area contributed by atoms with Crippen molar-refractivity contribution in [2.45, 2.75) is 32.4 Å². The van der Waals surface area contributed by atoms with E-state index in [1.165, 1.54) is 6.07 Å². The lowest BCUT2D eigenvalue weighted by Gasteiger charge is -2.14. The number of hydrogen-bond acceptors (Lipinski definition) is 3.